The number of ether oxygens (including phenoxy) is 1. The van der Waals surface area contributed by atoms with Gasteiger partial charge in [-0.15, -0.1) is 0 Å². The monoisotopic (exact) mass is 470 g/mol. The van der Waals surface area contributed by atoms with Gasteiger partial charge in [-0.2, -0.15) is 0 Å². The lowest BCUT2D eigenvalue weighted by atomic mass is 9.94. The Labute approximate surface area is 204 Å². The molecule has 5 nitrogen and oxygen atoms in total. The third-order valence-electron chi connectivity index (χ3n) is 5.69. The lowest BCUT2D eigenvalue weighted by Crippen LogP contribution is -2.17. The van der Waals surface area contributed by atoms with Crippen LogP contribution in [0.25, 0.3) is 5.57 Å². The van der Waals surface area contributed by atoms with Crippen LogP contribution in [0.4, 0.5) is 10.1 Å². The maximum absolute atomic E-state index is 14.6. The number of fused-ring (bicyclic) bond motifs is 1. The van der Waals surface area contributed by atoms with Gasteiger partial charge in [0.25, 0.3) is 0 Å². The number of nitrogens with zero attached hydrogens (tertiary/aromatic N) is 1. The molecule has 2 heterocycles. The van der Waals surface area contributed by atoms with Crippen molar-refractivity contribution < 1.29 is 19.0 Å². The first kappa shape index (κ1) is 23.8. The van der Waals surface area contributed by atoms with Crippen molar-refractivity contribution in [2.45, 2.75) is 26.8 Å². The fourth-order valence-corrected chi connectivity index (χ4v) is 4.00. The van der Waals surface area contributed by atoms with Crippen molar-refractivity contribution in [2.24, 2.45) is 0 Å². The van der Waals surface area contributed by atoms with Crippen molar-refractivity contribution in [1.29, 1.82) is 0 Å². The van der Waals surface area contributed by atoms with E-state index in [9.17, 15) is 14.3 Å². The number of rotatable bonds is 6. The zero-order valence-electron chi connectivity index (χ0n) is 19.9. The molecule has 1 atom stereocenters. The highest BCUT2D eigenvalue weighted by Gasteiger charge is 2.26. The SMILES string of the molecule is C=C1C=C(C2=CN(C=C(C)C)C(=C)C=C2)Oc2c1cc(F)cc2C(C)Nc1ccccc1C(=O)O. The summed E-state index contributed by atoms with van der Waals surface area (Å²) in [5.74, 6) is -0.420. The van der Waals surface area contributed by atoms with Gasteiger partial charge < -0.3 is 20.1 Å². The van der Waals surface area contributed by atoms with Crippen molar-refractivity contribution in [3.8, 4) is 5.75 Å². The van der Waals surface area contributed by atoms with Crippen molar-refractivity contribution in [3.05, 3.63) is 125 Å². The number of carbonyl (C=O) groups is 1. The number of anilines is 1. The van der Waals surface area contributed by atoms with Gasteiger partial charge in [0.1, 0.15) is 17.3 Å². The molecule has 0 aliphatic carbocycles. The molecule has 0 amide bonds. The molecule has 2 aromatic rings. The standard InChI is InChI=1S/C29H27FN2O3/c1-17(2)15-32-16-21(11-10-19(32)4)27-12-18(3)24-13-22(30)14-25(28(24)35-27)20(5)31-26-9-7-6-8-23(26)29(33)34/h6-16,20,31H,3-4H2,1-2,5H3,(H,33,34). The predicted molar refractivity (Wildman–Crippen MR) is 137 cm³/mol. The Balaban J connectivity index is 1.71. The predicted octanol–water partition coefficient (Wildman–Crippen LogP) is 7.18. The number of nitrogens with one attached hydrogen (secondary N) is 1. The highest BCUT2D eigenvalue weighted by molar-refractivity contribution is 5.94. The molecule has 2 aromatic carbocycles. The fourth-order valence-electron chi connectivity index (χ4n) is 4.00. The molecule has 0 saturated heterocycles. The third-order valence-corrected chi connectivity index (χ3v) is 5.69. The Morgan fingerprint density at radius 1 is 1.20 bits per heavy atom. The fraction of sp³-hybridized carbons (Fsp3) is 0.138. The van der Waals surface area contributed by atoms with E-state index in [-0.39, 0.29) is 5.56 Å². The number of hydrogen-bond acceptors (Lipinski definition) is 4. The van der Waals surface area contributed by atoms with E-state index < -0.39 is 17.8 Å². The topological polar surface area (TPSA) is 61.8 Å². The normalized spacial score (nSPS) is 15.5. The smallest absolute Gasteiger partial charge is 0.337 e. The molecule has 6 heteroatoms. The minimum absolute atomic E-state index is 0.132. The quantitative estimate of drug-likeness (QED) is 0.468. The average Bonchev–Trinajstić information content (AvgIpc) is 2.80. The summed E-state index contributed by atoms with van der Waals surface area (Å²) in [6.45, 7) is 14.0. The van der Waals surface area contributed by atoms with Crippen LogP contribution in [-0.2, 0) is 0 Å². The Kier molecular flexibility index (Phi) is 6.47. The lowest BCUT2D eigenvalue weighted by Gasteiger charge is -2.28. The molecule has 178 valence electrons. The Morgan fingerprint density at radius 3 is 2.66 bits per heavy atom. The summed E-state index contributed by atoms with van der Waals surface area (Å²) in [4.78, 5) is 13.6. The summed E-state index contributed by atoms with van der Waals surface area (Å²) >= 11 is 0. The van der Waals surface area contributed by atoms with Crippen LogP contribution in [0.2, 0.25) is 0 Å². The largest absolute Gasteiger partial charge is 0.478 e. The van der Waals surface area contributed by atoms with Gasteiger partial charge >= 0.3 is 5.97 Å². The molecule has 0 radical (unpaired) electrons. The van der Waals surface area contributed by atoms with E-state index in [0.29, 0.717) is 33.9 Å². The van der Waals surface area contributed by atoms with Gasteiger partial charge in [0.15, 0.2) is 0 Å². The van der Waals surface area contributed by atoms with Crippen LogP contribution in [0, 0.1) is 5.82 Å². The number of aromatic carboxylic acids is 1. The van der Waals surface area contributed by atoms with E-state index in [1.165, 1.54) is 18.2 Å². The third kappa shape index (κ3) is 4.96. The highest BCUT2D eigenvalue weighted by atomic mass is 19.1. The van der Waals surface area contributed by atoms with Gasteiger partial charge in [-0.3, -0.25) is 0 Å². The van der Waals surface area contributed by atoms with Gasteiger partial charge in [-0.25, -0.2) is 9.18 Å². The average molecular weight is 471 g/mol. The van der Waals surface area contributed by atoms with Crippen molar-refractivity contribution in [3.63, 3.8) is 0 Å². The molecule has 0 aromatic heterocycles. The van der Waals surface area contributed by atoms with Crippen LogP contribution in [0.1, 0.15) is 48.3 Å². The summed E-state index contributed by atoms with van der Waals surface area (Å²) in [6, 6.07) is 8.95. The second-order valence-electron chi connectivity index (χ2n) is 8.75. The van der Waals surface area contributed by atoms with Gasteiger partial charge in [0.2, 0.25) is 0 Å². The first-order valence-corrected chi connectivity index (χ1v) is 11.2. The molecular formula is C29H27FN2O3. The Hall–Kier alpha value is -4.32. The maximum Gasteiger partial charge on any atom is 0.337 e. The summed E-state index contributed by atoms with van der Waals surface area (Å²) in [5.41, 5.74) is 5.04. The molecule has 0 bridgehead atoms. The first-order valence-electron chi connectivity index (χ1n) is 11.2. The van der Waals surface area contributed by atoms with Crippen LogP contribution in [0.15, 0.2) is 103 Å². The van der Waals surface area contributed by atoms with Gasteiger partial charge in [-0.1, -0.05) is 30.9 Å². The van der Waals surface area contributed by atoms with Crippen LogP contribution in [0.3, 0.4) is 0 Å². The number of allylic oxidation sites excluding steroid dienone is 5. The Bertz CT molecular complexity index is 1360. The molecule has 2 aliphatic heterocycles. The summed E-state index contributed by atoms with van der Waals surface area (Å²) in [6.07, 6.45) is 9.50. The minimum atomic E-state index is -1.05. The van der Waals surface area contributed by atoms with E-state index in [2.05, 4.69) is 18.5 Å². The number of halogens is 1. The van der Waals surface area contributed by atoms with E-state index >= 15 is 0 Å². The van der Waals surface area contributed by atoms with Gasteiger partial charge in [-0.05, 0) is 68.8 Å². The summed E-state index contributed by atoms with van der Waals surface area (Å²) < 4.78 is 21.0. The van der Waals surface area contributed by atoms with Gasteiger partial charge in [0, 0.05) is 40.5 Å². The van der Waals surface area contributed by atoms with Crippen LogP contribution in [0.5, 0.6) is 5.75 Å². The van der Waals surface area contributed by atoms with E-state index in [4.69, 9.17) is 4.74 Å². The molecule has 2 aliphatic rings. The zero-order valence-corrected chi connectivity index (χ0v) is 19.9. The summed E-state index contributed by atoms with van der Waals surface area (Å²) in [5, 5.41) is 12.7. The molecule has 35 heavy (non-hydrogen) atoms. The second kappa shape index (κ2) is 9.50. The number of carboxylic acids is 1. The number of benzene rings is 2. The van der Waals surface area contributed by atoms with Crippen LogP contribution >= 0.6 is 0 Å². The zero-order chi connectivity index (χ0) is 25.3. The maximum atomic E-state index is 14.6. The molecule has 0 fully saturated rings. The number of para-hydroxylation sites is 1. The molecule has 4 rings (SSSR count). The molecule has 0 spiro atoms. The number of carboxylic acid groups (broad SMARTS) is 1. The highest BCUT2D eigenvalue weighted by Crippen LogP contribution is 2.42. The summed E-state index contributed by atoms with van der Waals surface area (Å²) in [7, 11) is 0. The molecule has 1 unspecified atom stereocenters. The Morgan fingerprint density at radius 2 is 1.94 bits per heavy atom. The lowest BCUT2D eigenvalue weighted by molar-refractivity contribution is 0.0698. The minimum Gasteiger partial charge on any atom is -0.478 e. The van der Waals surface area contributed by atoms with Crippen molar-refractivity contribution in [2.75, 3.05) is 5.32 Å². The van der Waals surface area contributed by atoms with E-state index in [1.807, 2.05) is 50.2 Å². The van der Waals surface area contributed by atoms with Crippen LogP contribution in [-0.4, -0.2) is 16.0 Å². The molecular weight excluding hydrogens is 443 g/mol. The number of hydrogen-bond donors (Lipinski definition) is 2. The van der Waals surface area contributed by atoms with E-state index in [0.717, 1.165) is 16.8 Å². The molecule has 0 saturated carbocycles. The van der Waals surface area contributed by atoms with Crippen molar-refractivity contribution >= 4 is 17.2 Å². The van der Waals surface area contributed by atoms with E-state index in [1.54, 1.807) is 24.3 Å². The van der Waals surface area contributed by atoms with Crippen molar-refractivity contribution in [1.82, 2.24) is 4.90 Å². The first-order chi connectivity index (χ1) is 16.6. The van der Waals surface area contributed by atoms with Crippen LogP contribution < -0.4 is 10.1 Å². The van der Waals surface area contributed by atoms with Gasteiger partial charge in [0.05, 0.1) is 11.6 Å². The second-order valence-corrected chi connectivity index (χ2v) is 8.75. The molecule has 2 N–H and O–H groups in total.